The van der Waals surface area contributed by atoms with E-state index in [1.807, 2.05) is 30.5 Å². The highest BCUT2D eigenvalue weighted by Gasteiger charge is 2.12. The van der Waals surface area contributed by atoms with Crippen molar-refractivity contribution in [1.82, 2.24) is 10.3 Å². The second kappa shape index (κ2) is 7.27. The maximum absolute atomic E-state index is 6.05. The number of halogens is 1. The Balaban J connectivity index is 2.21. The van der Waals surface area contributed by atoms with Crippen LogP contribution in [0.25, 0.3) is 0 Å². The first-order chi connectivity index (χ1) is 9.72. The number of aromatic nitrogens is 1. The lowest BCUT2D eigenvalue weighted by atomic mass is 10.00. The third-order valence-electron chi connectivity index (χ3n) is 3.15. The third kappa shape index (κ3) is 3.95. The number of hydrogen-bond acceptors (Lipinski definition) is 3. The van der Waals surface area contributed by atoms with Crippen LogP contribution in [-0.4, -0.2) is 18.6 Å². The fourth-order valence-corrected chi connectivity index (χ4v) is 2.40. The summed E-state index contributed by atoms with van der Waals surface area (Å²) in [7, 11) is 1.65. The molecule has 0 saturated carbocycles. The molecular weight excluding hydrogens is 272 g/mol. The molecule has 20 heavy (non-hydrogen) atoms. The number of likely N-dealkylation sites (N-methyl/N-ethyl adjacent to an activating group) is 1. The fourth-order valence-electron chi connectivity index (χ4n) is 2.19. The van der Waals surface area contributed by atoms with Gasteiger partial charge in [0.25, 0.3) is 0 Å². The molecule has 0 saturated heterocycles. The maximum atomic E-state index is 6.05. The van der Waals surface area contributed by atoms with Crippen LogP contribution in [0.3, 0.4) is 0 Å². The zero-order valence-electron chi connectivity index (χ0n) is 11.8. The zero-order chi connectivity index (χ0) is 14.4. The predicted molar refractivity (Wildman–Crippen MR) is 82.4 cm³/mol. The van der Waals surface area contributed by atoms with Crippen LogP contribution in [0.5, 0.6) is 5.75 Å². The summed E-state index contributed by atoms with van der Waals surface area (Å²) >= 11 is 6.05. The topological polar surface area (TPSA) is 34.2 Å². The van der Waals surface area contributed by atoms with Crippen LogP contribution in [0.15, 0.2) is 42.7 Å². The van der Waals surface area contributed by atoms with E-state index >= 15 is 0 Å². The van der Waals surface area contributed by atoms with Gasteiger partial charge in [0, 0.05) is 17.3 Å². The van der Waals surface area contributed by atoms with Crippen LogP contribution in [-0.2, 0) is 6.42 Å². The normalized spacial score (nSPS) is 12.2. The van der Waals surface area contributed by atoms with Gasteiger partial charge in [-0.15, -0.1) is 0 Å². The Morgan fingerprint density at radius 3 is 2.85 bits per heavy atom. The van der Waals surface area contributed by atoms with Crippen LogP contribution in [0.4, 0.5) is 0 Å². The van der Waals surface area contributed by atoms with Crippen molar-refractivity contribution in [3.05, 3.63) is 58.9 Å². The molecule has 0 radical (unpaired) electrons. The molecule has 1 heterocycles. The molecule has 2 rings (SSSR count). The summed E-state index contributed by atoms with van der Waals surface area (Å²) in [6.45, 7) is 2.99. The zero-order valence-corrected chi connectivity index (χ0v) is 12.5. The van der Waals surface area contributed by atoms with Crippen molar-refractivity contribution >= 4 is 11.6 Å². The number of benzene rings is 1. The van der Waals surface area contributed by atoms with E-state index in [-0.39, 0.29) is 6.04 Å². The monoisotopic (exact) mass is 290 g/mol. The van der Waals surface area contributed by atoms with Crippen LogP contribution < -0.4 is 10.1 Å². The van der Waals surface area contributed by atoms with Gasteiger partial charge in [-0.3, -0.25) is 4.98 Å². The number of hydrogen-bond donors (Lipinski definition) is 1. The first kappa shape index (κ1) is 14.8. The second-order valence-corrected chi connectivity index (χ2v) is 5.04. The Bertz CT molecular complexity index is 560. The molecular formula is C16H19ClN2O. The number of nitrogens with one attached hydrogen (secondary N) is 1. The molecule has 106 valence electrons. The van der Waals surface area contributed by atoms with E-state index in [0.29, 0.717) is 0 Å². The van der Waals surface area contributed by atoms with Gasteiger partial charge >= 0.3 is 0 Å². The summed E-state index contributed by atoms with van der Waals surface area (Å²) in [6, 6.07) is 10.2. The SMILES string of the molecule is CCNC(Cc1cccc(Cl)c1)c1cncc(OC)c1. The number of ether oxygens (including phenoxy) is 1. The molecule has 2 aromatic rings. The molecule has 3 nitrogen and oxygen atoms in total. The Morgan fingerprint density at radius 2 is 2.15 bits per heavy atom. The lowest BCUT2D eigenvalue weighted by Gasteiger charge is -2.19. The van der Waals surface area contributed by atoms with Crippen molar-refractivity contribution in [3.63, 3.8) is 0 Å². The van der Waals surface area contributed by atoms with Crippen LogP contribution in [0, 0.1) is 0 Å². The molecule has 0 bridgehead atoms. The van der Waals surface area contributed by atoms with Crippen LogP contribution >= 0.6 is 11.6 Å². The molecule has 1 unspecified atom stereocenters. The van der Waals surface area contributed by atoms with Crippen LogP contribution in [0.1, 0.15) is 24.1 Å². The molecule has 0 amide bonds. The molecule has 0 fully saturated rings. The maximum Gasteiger partial charge on any atom is 0.137 e. The molecule has 0 aliphatic rings. The number of pyridine rings is 1. The lowest BCUT2D eigenvalue weighted by Crippen LogP contribution is -2.23. The van der Waals surface area contributed by atoms with E-state index in [2.05, 4.69) is 23.3 Å². The van der Waals surface area contributed by atoms with Crippen molar-refractivity contribution in [2.24, 2.45) is 0 Å². The number of rotatable bonds is 6. The highest BCUT2D eigenvalue weighted by Crippen LogP contribution is 2.22. The molecule has 1 aromatic heterocycles. The highest BCUT2D eigenvalue weighted by molar-refractivity contribution is 6.30. The molecule has 0 spiro atoms. The van der Waals surface area contributed by atoms with Gasteiger partial charge in [0.15, 0.2) is 0 Å². The van der Waals surface area contributed by atoms with Gasteiger partial charge in [0.05, 0.1) is 13.3 Å². The van der Waals surface area contributed by atoms with Gasteiger partial charge < -0.3 is 10.1 Å². The minimum absolute atomic E-state index is 0.195. The molecule has 1 N–H and O–H groups in total. The highest BCUT2D eigenvalue weighted by atomic mass is 35.5. The van der Waals surface area contributed by atoms with E-state index in [1.54, 1.807) is 13.3 Å². The summed E-state index contributed by atoms with van der Waals surface area (Å²) in [4.78, 5) is 4.23. The summed E-state index contributed by atoms with van der Waals surface area (Å²) in [5, 5.41) is 4.24. The van der Waals surface area contributed by atoms with Crippen molar-refractivity contribution in [2.45, 2.75) is 19.4 Å². The average Bonchev–Trinajstić information content (AvgIpc) is 2.47. The average molecular weight is 291 g/mol. The summed E-state index contributed by atoms with van der Waals surface area (Å²) in [5.74, 6) is 0.775. The van der Waals surface area contributed by atoms with Gasteiger partial charge in [0.1, 0.15) is 5.75 Å². The smallest absolute Gasteiger partial charge is 0.137 e. The summed E-state index contributed by atoms with van der Waals surface area (Å²) in [6.07, 6.45) is 4.45. The molecule has 0 aliphatic carbocycles. The Kier molecular flexibility index (Phi) is 5.39. The predicted octanol–water partition coefficient (Wildman–Crippen LogP) is 3.64. The lowest BCUT2D eigenvalue weighted by molar-refractivity contribution is 0.410. The minimum Gasteiger partial charge on any atom is -0.495 e. The van der Waals surface area contributed by atoms with Gasteiger partial charge in [-0.2, -0.15) is 0 Å². The van der Waals surface area contributed by atoms with E-state index in [4.69, 9.17) is 16.3 Å². The number of methoxy groups -OCH3 is 1. The van der Waals surface area contributed by atoms with Gasteiger partial charge in [-0.25, -0.2) is 0 Å². The molecule has 1 aromatic carbocycles. The van der Waals surface area contributed by atoms with Crippen molar-refractivity contribution in [2.75, 3.05) is 13.7 Å². The second-order valence-electron chi connectivity index (χ2n) is 4.60. The quantitative estimate of drug-likeness (QED) is 0.882. The molecule has 1 atom stereocenters. The fraction of sp³-hybridized carbons (Fsp3) is 0.312. The van der Waals surface area contributed by atoms with Crippen molar-refractivity contribution in [3.8, 4) is 5.75 Å². The van der Waals surface area contributed by atoms with E-state index in [1.165, 1.54) is 5.56 Å². The number of nitrogens with zero attached hydrogens (tertiary/aromatic N) is 1. The van der Waals surface area contributed by atoms with Gasteiger partial charge in [-0.05, 0) is 42.3 Å². The first-order valence-corrected chi connectivity index (χ1v) is 7.07. The van der Waals surface area contributed by atoms with Crippen LogP contribution in [0.2, 0.25) is 5.02 Å². The molecule has 0 aliphatic heterocycles. The van der Waals surface area contributed by atoms with Gasteiger partial charge in [0.2, 0.25) is 0 Å². The van der Waals surface area contributed by atoms with E-state index in [9.17, 15) is 0 Å². The largest absolute Gasteiger partial charge is 0.495 e. The Hall–Kier alpha value is -1.58. The van der Waals surface area contributed by atoms with Crippen molar-refractivity contribution in [1.29, 1.82) is 0 Å². The standard InChI is InChI=1S/C16H19ClN2O/c1-3-19-16(8-12-5-4-6-14(17)7-12)13-9-15(20-2)11-18-10-13/h4-7,9-11,16,19H,3,8H2,1-2H3. The first-order valence-electron chi connectivity index (χ1n) is 6.69. The Morgan fingerprint density at radius 1 is 1.30 bits per heavy atom. The van der Waals surface area contributed by atoms with E-state index in [0.717, 1.165) is 29.3 Å². The van der Waals surface area contributed by atoms with Gasteiger partial charge in [-0.1, -0.05) is 30.7 Å². The van der Waals surface area contributed by atoms with Crippen molar-refractivity contribution < 1.29 is 4.74 Å². The molecule has 4 heteroatoms. The third-order valence-corrected chi connectivity index (χ3v) is 3.39. The Labute approximate surface area is 124 Å². The minimum atomic E-state index is 0.195. The summed E-state index contributed by atoms with van der Waals surface area (Å²) in [5.41, 5.74) is 2.32. The van der Waals surface area contributed by atoms with E-state index < -0.39 is 0 Å². The summed E-state index contributed by atoms with van der Waals surface area (Å²) < 4.78 is 5.24.